The maximum absolute atomic E-state index is 14.5. The zero-order valence-electron chi connectivity index (χ0n) is 44.0. The van der Waals surface area contributed by atoms with E-state index < -0.39 is 73.1 Å². The molecule has 3 fully saturated rings. The molecule has 4 aliphatic rings. The predicted molar refractivity (Wildman–Crippen MR) is 267 cm³/mol. The third-order valence-electron chi connectivity index (χ3n) is 15.3. The van der Waals surface area contributed by atoms with Crippen molar-refractivity contribution in [2.75, 3.05) is 41.2 Å². The Labute approximate surface area is 413 Å². The van der Waals surface area contributed by atoms with E-state index in [1.807, 2.05) is 65.0 Å². The van der Waals surface area contributed by atoms with E-state index in [2.05, 4.69) is 13.0 Å². The minimum Gasteiger partial charge on any atom is -0.460 e. The normalized spacial score (nSPS) is 39.0. The quantitative estimate of drug-likeness (QED) is 0.105. The average Bonchev–Trinajstić information content (AvgIpc) is 3.30. The minimum atomic E-state index is -2.77. The average molecular weight is 988 g/mol. The topological polar surface area (TPSA) is 181 Å². The summed E-state index contributed by atoms with van der Waals surface area (Å²) in [5.41, 5.74) is 1.72. The zero-order valence-corrected chi connectivity index (χ0v) is 44.9. The van der Waals surface area contributed by atoms with Gasteiger partial charge >= 0.3 is 5.97 Å². The van der Waals surface area contributed by atoms with Crippen LogP contribution in [-0.2, 0) is 56.7 Å². The highest BCUT2D eigenvalue weighted by atomic mass is 31.2. The molecule has 0 aromatic heterocycles. The molecule has 1 unspecified atom stereocenters. The first kappa shape index (κ1) is 58.5. The third kappa shape index (κ3) is 16.2. The number of hydrogen-bond acceptors (Lipinski definition) is 13. The first-order valence-corrected chi connectivity index (χ1v) is 28.0. The summed E-state index contributed by atoms with van der Waals surface area (Å²) in [5.74, 6) is -7.47. The van der Waals surface area contributed by atoms with E-state index in [1.165, 1.54) is 12.0 Å². The van der Waals surface area contributed by atoms with Crippen LogP contribution in [-0.4, -0.2) is 129 Å². The lowest BCUT2D eigenvalue weighted by molar-refractivity contribution is -0.265. The van der Waals surface area contributed by atoms with Crippen LogP contribution < -0.4 is 0 Å². The summed E-state index contributed by atoms with van der Waals surface area (Å²) in [4.78, 5) is 72.6. The van der Waals surface area contributed by atoms with E-state index in [4.69, 9.17) is 28.2 Å². The molecule has 1 N–H and O–H groups in total. The number of cyclic esters (lactones) is 1. The third-order valence-corrected chi connectivity index (χ3v) is 16.0. The fraction of sp³-hybridized carbons (Fsp3) is 0.759. The van der Waals surface area contributed by atoms with Crippen molar-refractivity contribution in [3.05, 3.63) is 47.6 Å². The van der Waals surface area contributed by atoms with E-state index >= 15 is 0 Å². The second kappa shape index (κ2) is 26.6. The summed E-state index contributed by atoms with van der Waals surface area (Å²) in [5, 5.41) is 12.0. The van der Waals surface area contributed by atoms with Gasteiger partial charge in [0, 0.05) is 77.7 Å². The fourth-order valence-corrected chi connectivity index (χ4v) is 11.7. The number of carbonyl (C=O) groups is 5. The highest BCUT2D eigenvalue weighted by Crippen LogP contribution is 2.45. The molecule has 69 heavy (non-hydrogen) atoms. The number of fused-ring (bicyclic) bond motifs is 3. The molecule has 390 valence electrons. The van der Waals surface area contributed by atoms with Gasteiger partial charge in [-0.25, -0.2) is 4.79 Å². The van der Waals surface area contributed by atoms with Crippen molar-refractivity contribution in [1.82, 2.24) is 4.90 Å². The Kier molecular flexibility index (Phi) is 22.5. The van der Waals surface area contributed by atoms with Crippen LogP contribution in [0.15, 0.2) is 47.6 Å². The number of ketones is 3. The number of carbonyl (C=O) groups excluding carboxylic acids is 5. The first-order chi connectivity index (χ1) is 32.4. The standard InChI is InChI=1S/C54H86NO13P/c1-33-19-15-14-16-20-34(2)46(63-9)31-42-24-22-39(7)54(61,67-42)51(58)52(59)55-26-18-17-21-43(55)53(60)66-47(37(5)29-41-23-25-45(48(30-41)64-10)68-69(12,13)62)32-44(56)36(4)28-35(3)40(8)50(65-11)49(57)38(6)27-33/h14-16,19-20,28,33,36-43,45-48,50,61H,17-18,21-27,29-32H2,1-13H3/b16-14+,19-15+,34-20+,35-28+/t33-,36-,37-,38-,39-,40-,41+,42+,43?,45-,46+,47+,48-,50-,54-/m1/s1. The maximum atomic E-state index is 14.5. The van der Waals surface area contributed by atoms with Crippen molar-refractivity contribution in [2.24, 2.45) is 41.4 Å². The van der Waals surface area contributed by atoms with E-state index in [0.717, 1.165) is 17.6 Å². The highest BCUT2D eigenvalue weighted by Gasteiger charge is 2.53. The van der Waals surface area contributed by atoms with Crippen LogP contribution in [0.5, 0.6) is 0 Å². The summed E-state index contributed by atoms with van der Waals surface area (Å²) in [6.07, 6.45) is 14.2. The van der Waals surface area contributed by atoms with Gasteiger partial charge in [-0.2, -0.15) is 0 Å². The lowest BCUT2D eigenvalue weighted by Gasteiger charge is -2.42. The van der Waals surface area contributed by atoms with Gasteiger partial charge in [-0.05, 0) is 101 Å². The Morgan fingerprint density at radius 2 is 1.55 bits per heavy atom. The van der Waals surface area contributed by atoms with Gasteiger partial charge in [0.2, 0.25) is 5.79 Å². The molecule has 2 saturated heterocycles. The second-order valence-electron chi connectivity index (χ2n) is 21.3. The van der Waals surface area contributed by atoms with E-state index in [9.17, 15) is 33.6 Å². The molecule has 0 radical (unpaired) electrons. The summed E-state index contributed by atoms with van der Waals surface area (Å²) in [6.45, 7) is 18.5. The van der Waals surface area contributed by atoms with Gasteiger partial charge in [0.25, 0.3) is 11.7 Å². The molecule has 2 bridgehead atoms. The van der Waals surface area contributed by atoms with E-state index in [-0.39, 0.29) is 72.8 Å². The van der Waals surface area contributed by atoms with Crippen LogP contribution in [0.4, 0.5) is 0 Å². The molecule has 0 aromatic rings. The molecule has 0 spiro atoms. The minimum absolute atomic E-state index is 0.0112. The number of piperidine rings is 1. The summed E-state index contributed by atoms with van der Waals surface area (Å²) in [7, 11) is 1.97. The van der Waals surface area contributed by atoms with Gasteiger partial charge in [-0.15, -0.1) is 0 Å². The molecule has 3 aliphatic heterocycles. The van der Waals surface area contributed by atoms with Gasteiger partial charge in [0.15, 0.2) is 13.2 Å². The lowest BCUT2D eigenvalue weighted by atomic mass is 9.78. The Morgan fingerprint density at radius 1 is 0.841 bits per heavy atom. The second-order valence-corrected chi connectivity index (χ2v) is 24.0. The van der Waals surface area contributed by atoms with Crippen LogP contribution in [0.25, 0.3) is 0 Å². The van der Waals surface area contributed by atoms with E-state index in [0.29, 0.717) is 57.8 Å². The van der Waals surface area contributed by atoms with Crippen molar-refractivity contribution in [1.29, 1.82) is 0 Å². The number of aliphatic hydroxyl groups is 1. The van der Waals surface area contributed by atoms with Crippen LogP contribution >= 0.6 is 7.37 Å². The van der Waals surface area contributed by atoms with Crippen LogP contribution in [0.1, 0.15) is 132 Å². The Hall–Kier alpha value is -3.10. The number of Topliss-reactive ketones (excluding diaryl/α,β-unsaturated/α-hetero) is 3. The molecule has 15 heteroatoms. The Morgan fingerprint density at radius 3 is 2.20 bits per heavy atom. The fourth-order valence-electron chi connectivity index (χ4n) is 10.8. The largest absolute Gasteiger partial charge is 0.460 e. The predicted octanol–water partition coefficient (Wildman–Crippen LogP) is 9.02. The SMILES string of the molecule is CO[C@H]1C[C@@H]2CC[C@@H](C)[C@@](O)(O2)C(=O)C(=O)N2CCCCC2C(=O)O[C@H]([C@H](C)C[C@@H]2CC[C@@H](OP(C)(C)=O)[C@H](OC)C2)CC(=O)[C@H](C)/C=C(\C)[C@@H](C)[C@@H](OC)C(=O)[C@H](C)C[C@H](C)/C=C/C=C/C=C/1C. The van der Waals surface area contributed by atoms with Crippen LogP contribution in [0.3, 0.4) is 0 Å². The molecular weight excluding hydrogens is 902 g/mol. The van der Waals surface area contributed by atoms with Gasteiger partial charge in [0.1, 0.15) is 24.0 Å². The Bertz CT molecular complexity index is 1940. The Balaban J connectivity index is 1.70. The number of amides is 1. The number of methoxy groups -OCH3 is 3. The van der Waals surface area contributed by atoms with Gasteiger partial charge < -0.3 is 38.2 Å². The summed E-state index contributed by atoms with van der Waals surface area (Å²) in [6, 6.07) is -1.12. The molecule has 15 atom stereocenters. The monoisotopic (exact) mass is 988 g/mol. The summed E-state index contributed by atoms with van der Waals surface area (Å²) >= 11 is 0. The number of hydrogen-bond donors (Lipinski definition) is 1. The van der Waals surface area contributed by atoms with Gasteiger partial charge in [-0.3, -0.25) is 23.7 Å². The molecule has 1 amide bonds. The summed E-state index contributed by atoms with van der Waals surface area (Å²) < 4.78 is 48.6. The van der Waals surface area contributed by atoms with Crippen molar-refractivity contribution < 1.29 is 61.9 Å². The van der Waals surface area contributed by atoms with Gasteiger partial charge in [-0.1, -0.05) is 83.6 Å². The molecule has 4 rings (SSSR count). The molecule has 3 heterocycles. The maximum Gasteiger partial charge on any atom is 0.329 e. The first-order valence-electron chi connectivity index (χ1n) is 25.5. The number of esters is 1. The smallest absolute Gasteiger partial charge is 0.329 e. The zero-order chi connectivity index (χ0) is 51.4. The molecule has 1 saturated carbocycles. The van der Waals surface area contributed by atoms with Crippen molar-refractivity contribution in [3.8, 4) is 0 Å². The number of nitrogens with zero attached hydrogens (tertiary/aromatic N) is 1. The van der Waals surface area contributed by atoms with Crippen LogP contribution in [0.2, 0.25) is 0 Å². The number of ether oxygens (including phenoxy) is 5. The van der Waals surface area contributed by atoms with Crippen molar-refractivity contribution in [3.63, 3.8) is 0 Å². The van der Waals surface area contributed by atoms with Crippen molar-refractivity contribution in [2.45, 2.75) is 181 Å². The highest BCUT2D eigenvalue weighted by molar-refractivity contribution is 7.57. The van der Waals surface area contributed by atoms with E-state index in [1.54, 1.807) is 41.4 Å². The molecule has 14 nitrogen and oxygen atoms in total. The van der Waals surface area contributed by atoms with Gasteiger partial charge in [0.05, 0.1) is 24.4 Å². The molecular formula is C54H86NO13P. The lowest BCUT2D eigenvalue weighted by Crippen LogP contribution is -2.61. The molecule has 1 aliphatic carbocycles. The number of allylic oxidation sites excluding steroid dienone is 6. The number of rotatable bonds is 8. The molecule has 0 aromatic carbocycles. The van der Waals surface area contributed by atoms with Crippen molar-refractivity contribution >= 4 is 36.6 Å². The van der Waals surface area contributed by atoms with Crippen LogP contribution in [0, 0.1) is 41.4 Å².